The quantitative estimate of drug-likeness (QED) is 0.650. The molecular formula is C12H24O4. The standard InChI is InChI=1S/C12H24O4/c1-7-12(6)15-13-10(2,3)8-9-11(4,5)14-16-12/h7-9H2,1-6H3. The highest BCUT2D eigenvalue weighted by atomic mass is 17.3. The second-order valence-corrected chi connectivity index (χ2v) is 5.84. The van der Waals surface area contributed by atoms with E-state index in [0.717, 1.165) is 12.8 Å². The van der Waals surface area contributed by atoms with Crippen molar-refractivity contribution in [1.82, 2.24) is 0 Å². The van der Waals surface area contributed by atoms with E-state index in [4.69, 9.17) is 19.6 Å². The molecule has 0 aromatic carbocycles. The van der Waals surface area contributed by atoms with E-state index in [1.165, 1.54) is 0 Å². The summed E-state index contributed by atoms with van der Waals surface area (Å²) < 4.78 is 0. The molecule has 0 radical (unpaired) electrons. The topological polar surface area (TPSA) is 36.9 Å². The van der Waals surface area contributed by atoms with E-state index >= 15 is 0 Å². The first-order valence-electron chi connectivity index (χ1n) is 5.92. The summed E-state index contributed by atoms with van der Waals surface area (Å²) in [5.74, 6) is -0.848. The largest absolute Gasteiger partial charge is 0.231 e. The molecule has 1 fully saturated rings. The summed E-state index contributed by atoms with van der Waals surface area (Å²) in [4.78, 5) is 21.6. The fraction of sp³-hybridized carbons (Fsp3) is 1.00. The molecule has 1 aliphatic rings. The highest BCUT2D eigenvalue weighted by Crippen LogP contribution is 2.32. The Morgan fingerprint density at radius 3 is 1.44 bits per heavy atom. The summed E-state index contributed by atoms with van der Waals surface area (Å²) in [5.41, 5.74) is -0.657. The van der Waals surface area contributed by atoms with Crippen LogP contribution in [0.3, 0.4) is 0 Å². The molecule has 0 saturated carbocycles. The van der Waals surface area contributed by atoms with Crippen LogP contribution < -0.4 is 0 Å². The van der Waals surface area contributed by atoms with Crippen LogP contribution in [0.1, 0.15) is 60.8 Å². The first-order valence-corrected chi connectivity index (χ1v) is 5.92. The van der Waals surface area contributed by atoms with Crippen LogP contribution >= 0.6 is 0 Å². The molecule has 16 heavy (non-hydrogen) atoms. The molecule has 1 heterocycles. The normalized spacial score (nSPS) is 28.9. The van der Waals surface area contributed by atoms with Crippen molar-refractivity contribution in [2.75, 3.05) is 0 Å². The summed E-state index contributed by atoms with van der Waals surface area (Å²) in [5, 5.41) is 0. The minimum atomic E-state index is -0.848. The maximum atomic E-state index is 5.45. The summed E-state index contributed by atoms with van der Waals surface area (Å²) in [7, 11) is 0. The molecule has 0 amide bonds. The zero-order valence-electron chi connectivity index (χ0n) is 11.3. The molecule has 0 aromatic rings. The van der Waals surface area contributed by atoms with Gasteiger partial charge in [0.15, 0.2) is 0 Å². The van der Waals surface area contributed by atoms with Gasteiger partial charge in [0.1, 0.15) is 0 Å². The van der Waals surface area contributed by atoms with Gasteiger partial charge in [0.05, 0.1) is 11.2 Å². The van der Waals surface area contributed by atoms with Crippen LogP contribution in [-0.2, 0) is 19.6 Å². The van der Waals surface area contributed by atoms with Gasteiger partial charge in [-0.3, -0.25) is 0 Å². The van der Waals surface area contributed by atoms with Crippen LogP contribution in [0.25, 0.3) is 0 Å². The Morgan fingerprint density at radius 2 is 1.12 bits per heavy atom. The van der Waals surface area contributed by atoms with Gasteiger partial charge in [0, 0.05) is 6.42 Å². The predicted molar refractivity (Wildman–Crippen MR) is 60.4 cm³/mol. The molecule has 4 heteroatoms. The lowest BCUT2D eigenvalue weighted by Gasteiger charge is -2.29. The van der Waals surface area contributed by atoms with Crippen molar-refractivity contribution in [3.63, 3.8) is 0 Å². The van der Waals surface area contributed by atoms with Crippen molar-refractivity contribution in [3.05, 3.63) is 0 Å². The van der Waals surface area contributed by atoms with Crippen LogP contribution in [0.5, 0.6) is 0 Å². The van der Waals surface area contributed by atoms with Gasteiger partial charge >= 0.3 is 0 Å². The Balaban J connectivity index is 2.79. The van der Waals surface area contributed by atoms with Crippen LogP contribution in [0.2, 0.25) is 0 Å². The van der Waals surface area contributed by atoms with Gasteiger partial charge in [0.25, 0.3) is 0 Å². The van der Waals surface area contributed by atoms with Crippen molar-refractivity contribution in [2.45, 2.75) is 77.8 Å². The molecule has 0 aliphatic carbocycles. The average Bonchev–Trinajstić information content (AvgIpc) is 2.24. The van der Waals surface area contributed by atoms with Gasteiger partial charge in [-0.2, -0.15) is 9.78 Å². The van der Waals surface area contributed by atoms with Crippen molar-refractivity contribution in [2.24, 2.45) is 0 Å². The van der Waals surface area contributed by atoms with Crippen molar-refractivity contribution in [1.29, 1.82) is 0 Å². The van der Waals surface area contributed by atoms with Crippen LogP contribution in [-0.4, -0.2) is 17.0 Å². The Kier molecular flexibility index (Phi) is 4.00. The van der Waals surface area contributed by atoms with Gasteiger partial charge < -0.3 is 0 Å². The van der Waals surface area contributed by atoms with Crippen molar-refractivity contribution < 1.29 is 19.6 Å². The van der Waals surface area contributed by atoms with Crippen LogP contribution in [0, 0.1) is 0 Å². The van der Waals surface area contributed by atoms with Gasteiger partial charge in [-0.1, -0.05) is 6.92 Å². The molecule has 0 spiro atoms. The number of rotatable bonds is 1. The molecule has 1 rings (SSSR count). The maximum Gasteiger partial charge on any atom is 0.231 e. The lowest BCUT2D eigenvalue weighted by Crippen LogP contribution is -2.36. The summed E-state index contributed by atoms with van der Waals surface area (Å²) in [6.45, 7) is 11.8. The van der Waals surface area contributed by atoms with Gasteiger partial charge in [-0.05, 0) is 47.5 Å². The Bertz CT molecular complexity index is 215. The monoisotopic (exact) mass is 232 g/mol. The van der Waals surface area contributed by atoms with E-state index in [1.807, 2.05) is 41.5 Å². The fourth-order valence-electron chi connectivity index (χ4n) is 1.22. The first kappa shape index (κ1) is 13.9. The fourth-order valence-corrected chi connectivity index (χ4v) is 1.22. The summed E-state index contributed by atoms with van der Waals surface area (Å²) in [6, 6.07) is 0. The zero-order valence-corrected chi connectivity index (χ0v) is 11.3. The van der Waals surface area contributed by atoms with E-state index < -0.39 is 5.79 Å². The molecule has 0 unspecified atom stereocenters. The second-order valence-electron chi connectivity index (χ2n) is 5.84. The third-order valence-electron chi connectivity index (χ3n) is 2.86. The molecule has 0 aromatic heterocycles. The first-order chi connectivity index (χ1) is 7.18. The maximum absolute atomic E-state index is 5.45. The van der Waals surface area contributed by atoms with Crippen LogP contribution in [0.15, 0.2) is 0 Å². The summed E-state index contributed by atoms with van der Waals surface area (Å²) in [6.07, 6.45) is 2.35. The minimum absolute atomic E-state index is 0.329. The second kappa shape index (κ2) is 4.61. The highest BCUT2D eigenvalue weighted by Gasteiger charge is 2.37. The predicted octanol–water partition coefficient (Wildman–Crippen LogP) is 3.36. The lowest BCUT2D eigenvalue weighted by molar-refractivity contribution is -0.532. The number of hydrogen-bond acceptors (Lipinski definition) is 4. The third kappa shape index (κ3) is 4.01. The SMILES string of the molecule is CCC1(C)OOC(C)(C)CCC(C)(C)OO1. The Labute approximate surface area is 98.1 Å². The molecule has 96 valence electrons. The van der Waals surface area contributed by atoms with E-state index in [1.54, 1.807) is 0 Å². The van der Waals surface area contributed by atoms with E-state index in [0.29, 0.717) is 6.42 Å². The molecule has 1 saturated heterocycles. The minimum Gasteiger partial charge on any atom is -0.228 e. The molecule has 4 nitrogen and oxygen atoms in total. The Hall–Kier alpha value is -0.160. The molecule has 1 aliphatic heterocycles. The molecule has 0 atom stereocenters. The van der Waals surface area contributed by atoms with Gasteiger partial charge in [-0.15, -0.1) is 0 Å². The molecule has 0 N–H and O–H groups in total. The Morgan fingerprint density at radius 1 is 0.750 bits per heavy atom. The average molecular weight is 232 g/mol. The van der Waals surface area contributed by atoms with Crippen LogP contribution in [0.4, 0.5) is 0 Å². The van der Waals surface area contributed by atoms with Gasteiger partial charge in [0.2, 0.25) is 5.79 Å². The highest BCUT2D eigenvalue weighted by molar-refractivity contribution is 4.76. The smallest absolute Gasteiger partial charge is 0.228 e. The van der Waals surface area contributed by atoms with E-state index in [-0.39, 0.29) is 11.2 Å². The summed E-state index contributed by atoms with van der Waals surface area (Å²) >= 11 is 0. The van der Waals surface area contributed by atoms with E-state index in [2.05, 4.69) is 0 Å². The molecular weight excluding hydrogens is 208 g/mol. The number of hydrogen-bond donors (Lipinski definition) is 0. The van der Waals surface area contributed by atoms with Crippen molar-refractivity contribution >= 4 is 0 Å². The zero-order chi connectivity index (χ0) is 12.4. The van der Waals surface area contributed by atoms with E-state index in [9.17, 15) is 0 Å². The van der Waals surface area contributed by atoms with Crippen molar-refractivity contribution in [3.8, 4) is 0 Å². The lowest BCUT2D eigenvalue weighted by atomic mass is 9.94. The molecule has 0 bridgehead atoms. The third-order valence-corrected chi connectivity index (χ3v) is 2.86. The van der Waals surface area contributed by atoms with Gasteiger partial charge in [-0.25, -0.2) is 9.78 Å².